The second-order valence-corrected chi connectivity index (χ2v) is 3.92. The first kappa shape index (κ1) is 12.5. The first-order valence-electron chi connectivity index (χ1n) is 4.54. The molecule has 4 nitrogen and oxygen atoms in total. The van der Waals surface area contributed by atoms with Gasteiger partial charge in [-0.2, -0.15) is 0 Å². The molecule has 5 heteroatoms. The van der Waals surface area contributed by atoms with E-state index in [4.69, 9.17) is 16.7 Å². The minimum atomic E-state index is -1.53. The topological polar surface area (TPSA) is 74.6 Å². The van der Waals surface area contributed by atoms with Crippen LogP contribution in [0.2, 0.25) is 5.02 Å². The van der Waals surface area contributed by atoms with Crippen LogP contribution in [0.4, 0.5) is 0 Å². The van der Waals surface area contributed by atoms with Gasteiger partial charge in [-0.1, -0.05) is 11.6 Å². The van der Waals surface area contributed by atoms with E-state index in [2.05, 4.69) is 0 Å². The molecule has 0 saturated carbocycles. The van der Waals surface area contributed by atoms with Gasteiger partial charge in [0.25, 0.3) is 5.78 Å². The second-order valence-electron chi connectivity index (χ2n) is 3.55. The lowest BCUT2D eigenvalue weighted by atomic mass is 9.94. The van der Waals surface area contributed by atoms with Crippen molar-refractivity contribution in [2.45, 2.75) is 20.8 Å². The summed E-state index contributed by atoms with van der Waals surface area (Å²) < 4.78 is 0. The Balaban J connectivity index is 3.64. The summed E-state index contributed by atoms with van der Waals surface area (Å²) in [6, 6.07) is 0. The van der Waals surface area contributed by atoms with Crippen LogP contribution in [0.1, 0.15) is 27.0 Å². The zero-order valence-electron chi connectivity index (χ0n) is 9.09. The van der Waals surface area contributed by atoms with Gasteiger partial charge in [-0.15, -0.1) is 0 Å². The summed E-state index contributed by atoms with van der Waals surface area (Å²) in [5.41, 5.74) is 1.19. The predicted molar refractivity (Wildman–Crippen MR) is 59.3 cm³/mol. The van der Waals surface area contributed by atoms with Crippen LogP contribution in [0.15, 0.2) is 0 Å². The summed E-state index contributed by atoms with van der Waals surface area (Å²) in [5, 5.41) is 18.3. The van der Waals surface area contributed by atoms with E-state index in [1.807, 2.05) is 0 Å². The molecule has 0 bridgehead atoms. The summed E-state index contributed by atoms with van der Waals surface area (Å²) in [7, 11) is 0. The van der Waals surface area contributed by atoms with Crippen molar-refractivity contribution in [1.82, 2.24) is 0 Å². The molecule has 0 radical (unpaired) electrons. The zero-order chi connectivity index (χ0) is 12.6. The molecule has 1 aromatic carbocycles. The molecule has 0 aliphatic carbocycles. The Kier molecular flexibility index (Phi) is 3.24. The number of hydrogen-bond acceptors (Lipinski definition) is 3. The SMILES string of the molecule is Cc1c(C)c(C(=O)C(=O)O)c(C)c(Cl)c1O. The Hall–Kier alpha value is -1.55. The fourth-order valence-corrected chi connectivity index (χ4v) is 1.78. The first-order valence-corrected chi connectivity index (χ1v) is 4.92. The van der Waals surface area contributed by atoms with Gasteiger partial charge in [0.1, 0.15) is 5.75 Å². The minimum absolute atomic E-state index is 0.0210. The quantitative estimate of drug-likeness (QED) is 0.616. The van der Waals surface area contributed by atoms with Crippen molar-refractivity contribution in [3.8, 4) is 5.75 Å². The Morgan fingerprint density at radius 3 is 2.00 bits per heavy atom. The molecule has 1 rings (SSSR count). The van der Waals surface area contributed by atoms with Crippen LogP contribution in [0.3, 0.4) is 0 Å². The van der Waals surface area contributed by atoms with Crippen molar-refractivity contribution in [3.05, 3.63) is 27.3 Å². The number of Topliss-reactive ketones (excluding diaryl/α,β-unsaturated/α-hetero) is 1. The summed E-state index contributed by atoms with van der Waals surface area (Å²) in [5.74, 6) is -2.66. The number of phenols is 1. The minimum Gasteiger partial charge on any atom is -0.506 e. The van der Waals surface area contributed by atoms with E-state index in [1.54, 1.807) is 13.8 Å². The number of aromatic hydroxyl groups is 1. The number of phenolic OH excluding ortho intramolecular Hbond substituents is 1. The van der Waals surface area contributed by atoms with Gasteiger partial charge >= 0.3 is 5.97 Å². The lowest BCUT2D eigenvalue weighted by Gasteiger charge is -2.13. The van der Waals surface area contributed by atoms with Crippen LogP contribution in [-0.2, 0) is 4.79 Å². The number of aliphatic carboxylic acids is 1. The lowest BCUT2D eigenvalue weighted by molar-refractivity contribution is -0.131. The highest BCUT2D eigenvalue weighted by Gasteiger charge is 2.24. The average molecular weight is 243 g/mol. The molecule has 0 saturated heterocycles. The van der Waals surface area contributed by atoms with Crippen molar-refractivity contribution < 1.29 is 19.8 Å². The van der Waals surface area contributed by atoms with Gasteiger partial charge in [-0.3, -0.25) is 4.79 Å². The van der Waals surface area contributed by atoms with Gasteiger partial charge in [-0.25, -0.2) is 4.79 Å². The molecule has 0 aromatic heterocycles. The second kappa shape index (κ2) is 4.14. The monoisotopic (exact) mass is 242 g/mol. The van der Waals surface area contributed by atoms with Crippen molar-refractivity contribution in [2.75, 3.05) is 0 Å². The molecule has 0 spiro atoms. The first-order chi connectivity index (χ1) is 7.29. The summed E-state index contributed by atoms with van der Waals surface area (Å²) >= 11 is 5.81. The maximum atomic E-state index is 11.5. The van der Waals surface area contributed by atoms with Crippen molar-refractivity contribution in [1.29, 1.82) is 0 Å². The third-order valence-corrected chi connectivity index (χ3v) is 3.09. The van der Waals surface area contributed by atoms with Crippen LogP contribution in [-0.4, -0.2) is 22.0 Å². The van der Waals surface area contributed by atoms with Gasteiger partial charge < -0.3 is 10.2 Å². The number of rotatable bonds is 2. The van der Waals surface area contributed by atoms with Gasteiger partial charge in [0, 0.05) is 5.56 Å². The summed E-state index contributed by atoms with van der Waals surface area (Å²) in [6.45, 7) is 4.66. The molecule has 0 unspecified atom stereocenters. The van der Waals surface area contributed by atoms with E-state index in [0.29, 0.717) is 11.1 Å². The smallest absolute Gasteiger partial charge is 0.377 e. The number of carbonyl (C=O) groups excluding carboxylic acids is 1. The molecule has 0 aliphatic rings. The van der Waals surface area contributed by atoms with Crippen LogP contribution < -0.4 is 0 Å². The van der Waals surface area contributed by atoms with Crippen LogP contribution in [0, 0.1) is 20.8 Å². The number of halogens is 1. The van der Waals surface area contributed by atoms with E-state index in [0.717, 1.165) is 0 Å². The Bertz CT molecular complexity index is 462. The Labute approximate surface area is 97.5 Å². The van der Waals surface area contributed by atoms with E-state index in [9.17, 15) is 14.7 Å². The Morgan fingerprint density at radius 1 is 1.06 bits per heavy atom. The molecule has 2 N–H and O–H groups in total. The van der Waals surface area contributed by atoms with Crippen molar-refractivity contribution >= 4 is 23.4 Å². The molecular formula is C11H11ClO4. The predicted octanol–water partition coefficient (Wildman–Crippen LogP) is 2.24. The third-order valence-electron chi connectivity index (χ3n) is 2.63. The summed E-state index contributed by atoms with van der Waals surface area (Å²) in [4.78, 5) is 22.1. The molecule has 86 valence electrons. The summed E-state index contributed by atoms with van der Waals surface area (Å²) in [6.07, 6.45) is 0. The zero-order valence-corrected chi connectivity index (χ0v) is 9.84. The number of carboxylic acid groups (broad SMARTS) is 1. The molecule has 16 heavy (non-hydrogen) atoms. The molecule has 1 aromatic rings. The number of hydrogen-bond donors (Lipinski definition) is 2. The number of ketones is 1. The van der Waals surface area contributed by atoms with Gasteiger partial charge in [0.05, 0.1) is 5.02 Å². The van der Waals surface area contributed by atoms with E-state index < -0.39 is 11.8 Å². The van der Waals surface area contributed by atoms with Crippen LogP contribution in [0.5, 0.6) is 5.75 Å². The normalized spacial score (nSPS) is 10.2. The maximum absolute atomic E-state index is 11.5. The third kappa shape index (κ3) is 1.76. The molecule has 0 heterocycles. The largest absolute Gasteiger partial charge is 0.506 e. The highest BCUT2D eigenvalue weighted by Crippen LogP contribution is 2.35. The van der Waals surface area contributed by atoms with Gasteiger partial charge in [0.15, 0.2) is 0 Å². The number of benzene rings is 1. The maximum Gasteiger partial charge on any atom is 0.377 e. The molecular weight excluding hydrogens is 232 g/mol. The lowest BCUT2D eigenvalue weighted by Crippen LogP contribution is -2.16. The van der Waals surface area contributed by atoms with Crippen LogP contribution in [0.25, 0.3) is 0 Å². The average Bonchev–Trinajstić information content (AvgIpc) is 2.23. The van der Waals surface area contributed by atoms with Crippen LogP contribution >= 0.6 is 11.6 Å². The Morgan fingerprint density at radius 2 is 1.56 bits per heavy atom. The fraction of sp³-hybridized carbons (Fsp3) is 0.273. The number of carboxylic acids is 1. The van der Waals surface area contributed by atoms with Gasteiger partial charge in [-0.05, 0) is 37.5 Å². The number of carbonyl (C=O) groups is 2. The van der Waals surface area contributed by atoms with Gasteiger partial charge in [0.2, 0.25) is 0 Å². The standard InChI is InChI=1S/C11H11ClO4/c1-4-5(2)9(13)8(12)6(3)7(4)10(14)11(15)16/h13H,1-3H3,(H,15,16). The molecule has 0 amide bonds. The van der Waals surface area contributed by atoms with Crippen molar-refractivity contribution in [2.24, 2.45) is 0 Å². The van der Waals surface area contributed by atoms with E-state index >= 15 is 0 Å². The highest BCUT2D eigenvalue weighted by molar-refractivity contribution is 6.42. The van der Waals surface area contributed by atoms with Crippen molar-refractivity contribution in [3.63, 3.8) is 0 Å². The molecule has 0 atom stereocenters. The fourth-order valence-electron chi connectivity index (χ4n) is 1.55. The highest BCUT2D eigenvalue weighted by atomic mass is 35.5. The van der Waals surface area contributed by atoms with E-state index in [-0.39, 0.29) is 21.9 Å². The molecule has 0 fully saturated rings. The van der Waals surface area contributed by atoms with E-state index in [1.165, 1.54) is 6.92 Å². The molecule has 0 aliphatic heterocycles.